The number of aliphatic carboxylic acids is 1. The van der Waals surface area contributed by atoms with Gasteiger partial charge in [0.15, 0.2) is 0 Å². The summed E-state index contributed by atoms with van der Waals surface area (Å²) in [5, 5.41) is 20.2. The Morgan fingerprint density at radius 3 is 2.58 bits per heavy atom. The summed E-state index contributed by atoms with van der Waals surface area (Å²) in [6.45, 7) is 0.161. The maximum absolute atomic E-state index is 12.5. The number of carboxylic acids is 1. The molecule has 1 N–H and O–H groups in total. The molecule has 1 heterocycles. The fraction of sp³-hybridized carbons (Fsp3) is 0.333. The molecule has 2 aromatic carbocycles. The highest BCUT2D eigenvalue weighted by atomic mass is 32.2. The van der Waals surface area contributed by atoms with Crippen molar-refractivity contribution in [2.45, 2.75) is 30.1 Å². The number of nitro benzene ring substituents is 1. The van der Waals surface area contributed by atoms with Crippen LogP contribution < -0.4 is 4.74 Å². The van der Waals surface area contributed by atoms with Gasteiger partial charge in [0, 0.05) is 35.2 Å². The van der Waals surface area contributed by atoms with Crippen LogP contribution >= 0.6 is 11.8 Å². The Kier molecular flexibility index (Phi) is 7.35. The van der Waals surface area contributed by atoms with Crippen LogP contribution in [0.25, 0.3) is 0 Å². The number of nitro groups is 1. The van der Waals surface area contributed by atoms with Gasteiger partial charge < -0.3 is 14.6 Å². The van der Waals surface area contributed by atoms with Gasteiger partial charge in [-0.3, -0.25) is 15.0 Å². The van der Waals surface area contributed by atoms with Crippen molar-refractivity contribution < 1.29 is 29.1 Å². The standard InChI is InChI=1S/C21H22N2O7S/c1-29-19-5-3-2-4-15(19)13-31-17-10-18(20(24)25)22(11-17)21(26)30-12-14-6-8-16(9-7-14)23(27)28/h2-9,17-18H,10-13H2,1H3,(H,24,25)/t17-,18-/m0/s1. The van der Waals surface area contributed by atoms with Crippen molar-refractivity contribution in [1.29, 1.82) is 0 Å². The van der Waals surface area contributed by atoms with Gasteiger partial charge in [-0.1, -0.05) is 18.2 Å². The first-order chi connectivity index (χ1) is 14.9. The van der Waals surface area contributed by atoms with Gasteiger partial charge in [0.1, 0.15) is 18.4 Å². The number of para-hydroxylation sites is 1. The average molecular weight is 446 g/mol. The molecule has 0 aromatic heterocycles. The number of nitrogens with zero attached hydrogens (tertiary/aromatic N) is 2. The van der Waals surface area contributed by atoms with Gasteiger partial charge in [-0.2, -0.15) is 11.8 Å². The zero-order valence-electron chi connectivity index (χ0n) is 16.8. The Hall–Kier alpha value is -3.27. The van der Waals surface area contributed by atoms with Crippen LogP contribution in [0.4, 0.5) is 10.5 Å². The van der Waals surface area contributed by atoms with Gasteiger partial charge in [0.25, 0.3) is 5.69 Å². The summed E-state index contributed by atoms with van der Waals surface area (Å²) in [6, 6.07) is 12.3. The van der Waals surface area contributed by atoms with Crippen molar-refractivity contribution in [3.63, 3.8) is 0 Å². The van der Waals surface area contributed by atoms with E-state index in [9.17, 15) is 24.8 Å². The largest absolute Gasteiger partial charge is 0.496 e. The molecule has 1 saturated heterocycles. The smallest absolute Gasteiger partial charge is 0.410 e. The van der Waals surface area contributed by atoms with E-state index in [1.807, 2.05) is 24.3 Å². The number of benzene rings is 2. The SMILES string of the molecule is COc1ccccc1CS[C@H]1C[C@@H](C(=O)O)N(C(=O)OCc2ccc([N+](=O)[O-])cc2)C1. The van der Waals surface area contributed by atoms with Crippen LogP contribution in [0.3, 0.4) is 0 Å². The van der Waals surface area contributed by atoms with E-state index in [-0.39, 0.29) is 24.1 Å². The second-order valence-corrected chi connectivity index (χ2v) is 8.25. The van der Waals surface area contributed by atoms with Crippen LogP contribution in [0.1, 0.15) is 17.5 Å². The van der Waals surface area contributed by atoms with E-state index < -0.39 is 23.0 Å². The summed E-state index contributed by atoms with van der Waals surface area (Å²) >= 11 is 1.57. The molecule has 0 unspecified atom stereocenters. The Morgan fingerprint density at radius 2 is 1.94 bits per heavy atom. The zero-order valence-corrected chi connectivity index (χ0v) is 17.6. The quantitative estimate of drug-likeness (QED) is 0.482. The van der Waals surface area contributed by atoms with Crippen LogP contribution in [-0.4, -0.2) is 51.9 Å². The number of carboxylic acid groups (broad SMARTS) is 1. The lowest BCUT2D eigenvalue weighted by Gasteiger charge is -2.20. The second kappa shape index (κ2) is 10.2. The lowest BCUT2D eigenvalue weighted by molar-refractivity contribution is -0.384. The number of rotatable bonds is 8. The maximum atomic E-state index is 12.5. The highest BCUT2D eigenvalue weighted by molar-refractivity contribution is 7.99. The number of carbonyl (C=O) groups is 2. The number of thioether (sulfide) groups is 1. The Bertz CT molecular complexity index is 951. The lowest BCUT2D eigenvalue weighted by atomic mass is 10.2. The molecule has 10 heteroatoms. The summed E-state index contributed by atoms with van der Waals surface area (Å²) in [4.78, 5) is 35.6. The van der Waals surface area contributed by atoms with Gasteiger partial charge >= 0.3 is 12.1 Å². The molecular weight excluding hydrogens is 424 g/mol. The molecule has 0 bridgehead atoms. The summed E-state index contributed by atoms with van der Waals surface area (Å²) in [7, 11) is 1.60. The molecule has 2 atom stereocenters. The zero-order chi connectivity index (χ0) is 22.4. The van der Waals surface area contributed by atoms with Crippen LogP contribution in [0.5, 0.6) is 5.75 Å². The van der Waals surface area contributed by atoms with E-state index in [1.165, 1.54) is 29.2 Å². The molecule has 0 saturated carbocycles. The van der Waals surface area contributed by atoms with Crippen LogP contribution in [0.15, 0.2) is 48.5 Å². The molecule has 1 fully saturated rings. The number of methoxy groups -OCH3 is 1. The fourth-order valence-electron chi connectivity index (χ4n) is 3.33. The van der Waals surface area contributed by atoms with Crippen molar-refractivity contribution >= 4 is 29.5 Å². The number of carbonyl (C=O) groups excluding carboxylic acids is 1. The van der Waals surface area contributed by atoms with Crippen LogP contribution in [-0.2, 0) is 21.9 Å². The molecular formula is C21H22N2O7S. The van der Waals surface area contributed by atoms with Gasteiger partial charge in [0.2, 0.25) is 0 Å². The summed E-state index contributed by atoms with van der Waals surface area (Å²) in [5.74, 6) is 0.321. The van der Waals surface area contributed by atoms with Crippen molar-refractivity contribution in [1.82, 2.24) is 4.90 Å². The minimum atomic E-state index is -1.08. The normalized spacial score (nSPS) is 17.9. The molecule has 0 radical (unpaired) electrons. The molecule has 0 aliphatic carbocycles. The molecule has 9 nitrogen and oxygen atoms in total. The summed E-state index contributed by atoms with van der Waals surface area (Å²) < 4.78 is 10.6. The number of hydrogen-bond acceptors (Lipinski definition) is 7. The predicted octanol–water partition coefficient (Wildman–Crippen LogP) is 3.70. The molecule has 164 valence electrons. The van der Waals surface area contributed by atoms with Gasteiger partial charge in [-0.05, 0) is 30.2 Å². The molecule has 1 aliphatic rings. The number of non-ortho nitro benzene ring substituents is 1. The van der Waals surface area contributed by atoms with Crippen LogP contribution in [0.2, 0.25) is 0 Å². The third-order valence-corrected chi connectivity index (χ3v) is 6.25. The van der Waals surface area contributed by atoms with Crippen molar-refractivity contribution in [2.75, 3.05) is 13.7 Å². The molecule has 31 heavy (non-hydrogen) atoms. The first kappa shape index (κ1) is 22.4. The number of amides is 1. The van der Waals surface area contributed by atoms with Gasteiger partial charge in [0.05, 0.1) is 12.0 Å². The van der Waals surface area contributed by atoms with E-state index in [4.69, 9.17) is 9.47 Å². The van der Waals surface area contributed by atoms with Crippen LogP contribution in [0, 0.1) is 10.1 Å². The van der Waals surface area contributed by atoms with E-state index in [2.05, 4.69) is 0 Å². The third kappa shape index (κ3) is 5.66. The Morgan fingerprint density at radius 1 is 1.23 bits per heavy atom. The first-order valence-corrected chi connectivity index (χ1v) is 10.6. The number of ether oxygens (including phenoxy) is 2. The van der Waals surface area contributed by atoms with Gasteiger partial charge in [-0.15, -0.1) is 0 Å². The fourth-order valence-corrected chi connectivity index (χ4v) is 4.56. The summed E-state index contributed by atoms with van der Waals surface area (Å²) in [5.41, 5.74) is 1.52. The van der Waals surface area contributed by atoms with E-state index in [0.717, 1.165) is 11.3 Å². The molecule has 0 spiro atoms. The van der Waals surface area contributed by atoms with E-state index in [1.54, 1.807) is 18.9 Å². The predicted molar refractivity (Wildman–Crippen MR) is 114 cm³/mol. The maximum Gasteiger partial charge on any atom is 0.410 e. The van der Waals surface area contributed by atoms with Crippen molar-refractivity contribution in [3.05, 3.63) is 69.8 Å². The molecule has 2 aromatic rings. The Labute approximate surface area is 183 Å². The number of likely N-dealkylation sites (tertiary alicyclic amines) is 1. The van der Waals surface area contributed by atoms with Crippen molar-refractivity contribution in [3.8, 4) is 5.75 Å². The highest BCUT2D eigenvalue weighted by Gasteiger charge is 2.40. The van der Waals surface area contributed by atoms with E-state index in [0.29, 0.717) is 17.7 Å². The third-order valence-electron chi connectivity index (χ3n) is 4.96. The van der Waals surface area contributed by atoms with Crippen molar-refractivity contribution in [2.24, 2.45) is 0 Å². The lowest BCUT2D eigenvalue weighted by Crippen LogP contribution is -2.40. The molecule has 1 amide bonds. The van der Waals surface area contributed by atoms with Gasteiger partial charge in [-0.25, -0.2) is 9.59 Å². The molecule has 3 rings (SSSR count). The molecule has 1 aliphatic heterocycles. The highest BCUT2D eigenvalue weighted by Crippen LogP contribution is 2.32. The summed E-state index contributed by atoms with van der Waals surface area (Å²) in [6.07, 6.45) is -0.395. The van der Waals surface area contributed by atoms with E-state index >= 15 is 0 Å². The first-order valence-electron chi connectivity index (χ1n) is 9.52. The minimum Gasteiger partial charge on any atom is -0.496 e. The monoisotopic (exact) mass is 446 g/mol. The second-order valence-electron chi connectivity index (χ2n) is 6.97. The topological polar surface area (TPSA) is 119 Å². The average Bonchev–Trinajstić information content (AvgIpc) is 3.21. The minimum absolute atomic E-state index is 0.0575. The number of hydrogen-bond donors (Lipinski definition) is 1. The Balaban J connectivity index is 1.58.